The maximum absolute atomic E-state index is 12.6. The average molecular weight is 404 g/mol. The first-order valence-electron chi connectivity index (χ1n) is 9.01. The van der Waals surface area contributed by atoms with E-state index in [9.17, 15) is 4.79 Å². The second-order valence-electron chi connectivity index (χ2n) is 7.45. The third kappa shape index (κ3) is 3.90. The molecular weight excluding hydrogens is 378 g/mol. The Kier molecular flexibility index (Phi) is 5.49. The van der Waals surface area contributed by atoms with E-state index in [1.165, 1.54) is 16.3 Å². The van der Waals surface area contributed by atoms with Crippen LogP contribution in [0.4, 0.5) is 0 Å². The van der Waals surface area contributed by atoms with Crippen molar-refractivity contribution in [3.63, 3.8) is 0 Å². The van der Waals surface area contributed by atoms with Crippen LogP contribution >= 0.6 is 15.9 Å². The van der Waals surface area contributed by atoms with Crippen molar-refractivity contribution in [1.82, 2.24) is 5.32 Å². The van der Waals surface area contributed by atoms with Crippen LogP contribution in [0.15, 0.2) is 40.9 Å². The number of fused-ring (bicyclic) bond motifs is 1. The summed E-state index contributed by atoms with van der Waals surface area (Å²) >= 11 is 3.63. The van der Waals surface area contributed by atoms with E-state index in [4.69, 9.17) is 4.74 Å². The first-order chi connectivity index (χ1) is 11.9. The molecule has 1 aliphatic rings. The molecule has 1 N–H and O–H groups in total. The fraction of sp³-hybridized carbons (Fsp3) is 0.476. The molecule has 25 heavy (non-hydrogen) atoms. The topological polar surface area (TPSA) is 38.3 Å². The summed E-state index contributed by atoms with van der Waals surface area (Å²) in [7, 11) is 0. The Morgan fingerprint density at radius 3 is 2.52 bits per heavy atom. The lowest BCUT2D eigenvalue weighted by Crippen LogP contribution is -2.39. The highest BCUT2D eigenvalue weighted by Crippen LogP contribution is 2.37. The van der Waals surface area contributed by atoms with Gasteiger partial charge in [-0.3, -0.25) is 4.79 Å². The van der Waals surface area contributed by atoms with E-state index in [2.05, 4.69) is 64.6 Å². The SMILES string of the molecule is CC(c1cccc2c(Br)cccc12)C(C)(C)OC(=O)C1CCNCC1. The van der Waals surface area contributed by atoms with Crippen LogP contribution in [0.3, 0.4) is 0 Å². The number of benzene rings is 2. The lowest BCUT2D eigenvalue weighted by molar-refractivity contribution is -0.164. The number of hydrogen-bond acceptors (Lipinski definition) is 3. The van der Waals surface area contributed by atoms with Gasteiger partial charge in [-0.25, -0.2) is 0 Å². The summed E-state index contributed by atoms with van der Waals surface area (Å²) in [5, 5.41) is 5.69. The number of halogens is 1. The molecule has 1 fully saturated rings. The third-order valence-corrected chi connectivity index (χ3v) is 6.14. The van der Waals surface area contributed by atoms with Gasteiger partial charge in [0, 0.05) is 10.4 Å². The Balaban J connectivity index is 1.85. The molecule has 0 amide bonds. The Morgan fingerprint density at radius 2 is 1.80 bits per heavy atom. The molecule has 1 heterocycles. The molecule has 0 saturated carbocycles. The van der Waals surface area contributed by atoms with Crippen molar-refractivity contribution in [2.45, 2.75) is 45.1 Å². The van der Waals surface area contributed by atoms with Crippen molar-refractivity contribution in [3.05, 3.63) is 46.4 Å². The van der Waals surface area contributed by atoms with Gasteiger partial charge in [-0.15, -0.1) is 0 Å². The van der Waals surface area contributed by atoms with E-state index in [1.807, 2.05) is 13.8 Å². The van der Waals surface area contributed by atoms with E-state index in [0.717, 1.165) is 30.4 Å². The number of rotatable bonds is 4. The van der Waals surface area contributed by atoms with Crippen molar-refractivity contribution >= 4 is 32.7 Å². The van der Waals surface area contributed by atoms with Crippen molar-refractivity contribution in [2.75, 3.05) is 13.1 Å². The van der Waals surface area contributed by atoms with Crippen LogP contribution in [0.25, 0.3) is 10.8 Å². The number of piperidine rings is 1. The fourth-order valence-electron chi connectivity index (χ4n) is 3.54. The molecule has 0 aliphatic carbocycles. The lowest BCUT2D eigenvalue weighted by atomic mass is 9.83. The molecule has 0 spiro atoms. The van der Waals surface area contributed by atoms with Gasteiger partial charge in [-0.2, -0.15) is 0 Å². The number of ether oxygens (including phenoxy) is 1. The number of carbonyl (C=O) groups is 1. The second-order valence-corrected chi connectivity index (χ2v) is 8.31. The Hall–Kier alpha value is -1.39. The predicted molar refractivity (Wildman–Crippen MR) is 106 cm³/mol. The van der Waals surface area contributed by atoms with E-state index in [-0.39, 0.29) is 17.8 Å². The van der Waals surface area contributed by atoms with Crippen molar-refractivity contribution in [3.8, 4) is 0 Å². The number of carbonyl (C=O) groups excluding carboxylic acids is 1. The standard InChI is InChI=1S/C21H26BrNO2/c1-14(16-6-4-8-18-17(16)7-5-9-19(18)22)21(2,3)25-20(24)15-10-12-23-13-11-15/h4-9,14-15,23H,10-13H2,1-3H3. The van der Waals surface area contributed by atoms with Gasteiger partial charge in [0.25, 0.3) is 0 Å². The molecule has 3 rings (SSSR count). The zero-order valence-corrected chi connectivity index (χ0v) is 16.7. The molecule has 1 unspecified atom stereocenters. The summed E-state index contributed by atoms with van der Waals surface area (Å²) in [4.78, 5) is 12.6. The highest BCUT2D eigenvalue weighted by Gasteiger charge is 2.34. The van der Waals surface area contributed by atoms with Gasteiger partial charge in [-0.1, -0.05) is 53.2 Å². The van der Waals surface area contributed by atoms with Gasteiger partial charge in [0.05, 0.1) is 5.92 Å². The molecule has 134 valence electrons. The minimum absolute atomic E-state index is 0.0226. The highest BCUT2D eigenvalue weighted by molar-refractivity contribution is 9.10. The molecule has 0 bridgehead atoms. The number of nitrogens with one attached hydrogen (secondary N) is 1. The van der Waals surface area contributed by atoms with Crippen LogP contribution in [-0.4, -0.2) is 24.7 Å². The quantitative estimate of drug-likeness (QED) is 0.727. The van der Waals surface area contributed by atoms with E-state index in [0.29, 0.717) is 0 Å². The van der Waals surface area contributed by atoms with Crippen molar-refractivity contribution in [2.24, 2.45) is 5.92 Å². The van der Waals surface area contributed by atoms with Gasteiger partial charge in [0.2, 0.25) is 0 Å². The molecule has 2 aromatic rings. The Bertz CT molecular complexity index is 766. The fourth-order valence-corrected chi connectivity index (χ4v) is 4.03. The summed E-state index contributed by atoms with van der Waals surface area (Å²) in [6.07, 6.45) is 1.73. The molecule has 1 saturated heterocycles. The molecule has 2 aromatic carbocycles. The molecule has 1 atom stereocenters. The first-order valence-corrected chi connectivity index (χ1v) is 9.80. The van der Waals surface area contributed by atoms with Crippen LogP contribution < -0.4 is 5.32 Å². The van der Waals surface area contributed by atoms with Crippen LogP contribution in [0, 0.1) is 5.92 Å². The minimum Gasteiger partial charge on any atom is -0.459 e. The number of esters is 1. The smallest absolute Gasteiger partial charge is 0.309 e. The minimum atomic E-state index is -0.557. The van der Waals surface area contributed by atoms with Gasteiger partial charge < -0.3 is 10.1 Å². The second kappa shape index (κ2) is 7.46. The van der Waals surface area contributed by atoms with Crippen molar-refractivity contribution < 1.29 is 9.53 Å². The maximum Gasteiger partial charge on any atom is 0.309 e. The van der Waals surface area contributed by atoms with E-state index in [1.54, 1.807) is 0 Å². The zero-order chi connectivity index (χ0) is 18.0. The average Bonchev–Trinajstić information content (AvgIpc) is 2.61. The Morgan fingerprint density at radius 1 is 1.16 bits per heavy atom. The summed E-state index contributed by atoms with van der Waals surface area (Å²) in [6.45, 7) is 7.98. The summed E-state index contributed by atoms with van der Waals surface area (Å²) in [6, 6.07) is 12.6. The van der Waals surface area contributed by atoms with Crippen LogP contribution in [-0.2, 0) is 9.53 Å². The highest BCUT2D eigenvalue weighted by atomic mass is 79.9. The maximum atomic E-state index is 12.6. The van der Waals surface area contributed by atoms with Crippen LogP contribution in [0.5, 0.6) is 0 Å². The number of hydrogen-bond donors (Lipinski definition) is 1. The third-order valence-electron chi connectivity index (χ3n) is 5.45. The molecule has 1 aliphatic heterocycles. The normalized spacial score (nSPS) is 17.4. The molecule has 4 heteroatoms. The van der Waals surface area contributed by atoms with E-state index >= 15 is 0 Å². The largest absolute Gasteiger partial charge is 0.459 e. The van der Waals surface area contributed by atoms with Gasteiger partial charge in [-0.05, 0) is 62.2 Å². The first kappa shape index (κ1) is 18.4. The summed E-state index contributed by atoms with van der Waals surface area (Å²) in [5.41, 5.74) is 0.653. The van der Waals surface area contributed by atoms with Crippen molar-refractivity contribution in [1.29, 1.82) is 0 Å². The predicted octanol–water partition coefficient (Wildman–Crippen LogP) is 5.03. The van der Waals surface area contributed by atoms with E-state index < -0.39 is 5.60 Å². The van der Waals surface area contributed by atoms with Crippen LogP contribution in [0.1, 0.15) is 45.1 Å². The molecule has 0 aromatic heterocycles. The van der Waals surface area contributed by atoms with Crippen LogP contribution in [0.2, 0.25) is 0 Å². The summed E-state index contributed by atoms with van der Waals surface area (Å²) in [5.74, 6) is 0.0605. The molecule has 0 radical (unpaired) electrons. The summed E-state index contributed by atoms with van der Waals surface area (Å²) < 4.78 is 7.08. The van der Waals surface area contributed by atoms with Gasteiger partial charge in [0.1, 0.15) is 5.60 Å². The van der Waals surface area contributed by atoms with Gasteiger partial charge >= 0.3 is 5.97 Å². The van der Waals surface area contributed by atoms with Gasteiger partial charge in [0.15, 0.2) is 0 Å². The Labute approximate surface area is 158 Å². The zero-order valence-electron chi connectivity index (χ0n) is 15.1. The lowest BCUT2D eigenvalue weighted by Gasteiger charge is -2.34. The molecule has 3 nitrogen and oxygen atoms in total. The molecular formula is C21H26BrNO2. The monoisotopic (exact) mass is 403 g/mol.